The third-order valence-corrected chi connectivity index (χ3v) is 5.59. The Kier molecular flexibility index (Phi) is 5.92. The first-order valence-corrected chi connectivity index (χ1v) is 10.00. The Morgan fingerprint density at radius 1 is 1.33 bits per heavy atom. The van der Waals surface area contributed by atoms with Gasteiger partial charge in [0.25, 0.3) is 0 Å². The zero-order valence-electron chi connectivity index (χ0n) is 16.3. The second-order valence-corrected chi connectivity index (χ2v) is 8.85. The number of carbonyl (C=O) groups is 1. The summed E-state index contributed by atoms with van der Waals surface area (Å²) in [6.07, 6.45) is 5.91. The minimum atomic E-state index is -0.182. The number of halogens is 1. The number of aromatic nitrogens is 2. The lowest BCUT2D eigenvalue weighted by molar-refractivity contribution is -0.122. The maximum atomic E-state index is 11.5. The molecule has 3 rings (SSSR count). The predicted octanol–water partition coefficient (Wildman–Crippen LogP) is 4.09. The van der Waals surface area contributed by atoms with Crippen molar-refractivity contribution < 1.29 is 4.79 Å². The van der Waals surface area contributed by atoms with E-state index in [4.69, 9.17) is 22.4 Å². The second kappa shape index (κ2) is 8.03. The summed E-state index contributed by atoms with van der Waals surface area (Å²) in [6, 6.07) is 8.10. The van der Waals surface area contributed by atoms with Crippen molar-refractivity contribution in [1.82, 2.24) is 15.1 Å². The summed E-state index contributed by atoms with van der Waals surface area (Å²) in [5, 5.41) is 9.15. The highest BCUT2D eigenvalue weighted by molar-refractivity contribution is 6.33. The average molecular weight is 389 g/mol. The molecule has 3 N–H and O–H groups in total. The summed E-state index contributed by atoms with van der Waals surface area (Å²) in [7, 11) is 0. The van der Waals surface area contributed by atoms with Crippen LogP contribution >= 0.6 is 11.6 Å². The van der Waals surface area contributed by atoms with Gasteiger partial charge in [0.15, 0.2) is 0 Å². The first-order valence-electron chi connectivity index (χ1n) is 9.62. The fourth-order valence-electron chi connectivity index (χ4n) is 3.65. The highest BCUT2D eigenvalue weighted by Gasteiger charge is 2.26. The molecule has 0 saturated heterocycles. The lowest BCUT2D eigenvalue weighted by Crippen LogP contribution is -2.38. The van der Waals surface area contributed by atoms with Crippen molar-refractivity contribution in [3.05, 3.63) is 41.0 Å². The second-order valence-electron chi connectivity index (χ2n) is 8.44. The third-order valence-electron chi connectivity index (χ3n) is 5.26. The van der Waals surface area contributed by atoms with E-state index in [1.807, 2.05) is 28.9 Å². The van der Waals surface area contributed by atoms with E-state index >= 15 is 0 Å². The van der Waals surface area contributed by atoms with E-state index in [0.29, 0.717) is 17.6 Å². The molecule has 1 aromatic carbocycles. The molecule has 2 aromatic rings. The molecule has 2 unspecified atom stereocenters. The standard InChI is InChI=1S/C21H29ClN4O/c1-21(2,3)26-13-15(19(25-26)17-9-4-5-10-18(17)22)12-24-16-8-6-7-14(11-16)20(23)27/h4-5,9-10,13-14,16,24H,6-8,11-12H2,1-3H3,(H2,23,27). The van der Waals surface area contributed by atoms with E-state index in [0.717, 1.165) is 42.5 Å². The zero-order chi connectivity index (χ0) is 19.6. The van der Waals surface area contributed by atoms with Crippen LogP contribution in [0.15, 0.2) is 30.5 Å². The fraction of sp³-hybridized carbons (Fsp3) is 0.524. The van der Waals surface area contributed by atoms with Gasteiger partial charge in [-0.05, 0) is 46.1 Å². The fourth-order valence-corrected chi connectivity index (χ4v) is 3.88. The van der Waals surface area contributed by atoms with E-state index < -0.39 is 0 Å². The molecule has 146 valence electrons. The van der Waals surface area contributed by atoms with Gasteiger partial charge in [-0.3, -0.25) is 9.48 Å². The maximum absolute atomic E-state index is 11.5. The molecule has 0 radical (unpaired) electrons. The third kappa shape index (κ3) is 4.71. The largest absolute Gasteiger partial charge is 0.369 e. The maximum Gasteiger partial charge on any atom is 0.220 e. The van der Waals surface area contributed by atoms with Crippen molar-refractivity contribution in [2.24, 2.45) is 11.7 Å². The van der Waals surface area contributed by atoms with Crippen LogP contribution in [0.4, 0.5) is 0 Å². The van der Waals surface area contributed by atoms with Gasteiger partial charge in [-0.15, -0.1) is 0 Å². The van der Waals surface area contributed by atoms with Crippen LogP contribution in [0, 0.1) is 5.92 Å². The molecule has 0 aliphatic heterocycles. The van der Waals surface area contributed by atoms with Crippen molar-refractivity contribution in [1.29, 1.82) is 0 Å². The number of amides is 1. The number of primary amides is 1. The van der Waals surface area contributed by atoms with E-state index in [1.54, 1.807) is 0 Å². The van der Waals surface area contributed by atoms with Gasteiger partial charge >= 0.3 is 0 Å². The van der Waals surface area contributed by atoms with Crippen LogP contribution in [0.25, 0.3) is 11.3 Å². The molecule has 1 aliphatic carbocycles. The van der Waals surface area contributed by atoms with Crippen molar-refractivity contribution >= 4 is 17.5 Å². The summed E-state index contributed by atoms with van der Waals surface area (Å²) in [4.78, 5) is 11.5. The Labute approximate surface area is 166 Å². The molecule has 1 aliphatic rings. The van der Waals surface area contributed by atoms with Gasteiger partial charge in [-0.2, -0.15) is 5.10 Å². The molecule has 2 atom stereocenters. The summed E-state index contributed by atoms with van der Waals surface area (Å²) in [5.41, 5.74) is 8.36. The normalized spacial score (nSPS) is 20.6. The Bertz CT molecular complexity index is 809. The molecule has 1 aromatic heterocycles. The number of carbonyl (C=O) groups excluding carboxylic acids is 1. The van der Waals surface area contributed by atoms with Gasteiger partial charge in [0.1, 0.15) is 0 Å². The minimum Gasteiger partial charge on any atom is -0.369 e. The Balaban J connectivity index is 1.83. The number of benzene rings is 1. The molecule has 0 spiro atoms. The van der Waals surface area contributed by atoms with Crippen LogP contribution in [0.3, 0.4) is 0 Å². The van der Waals surface area contributed by atoms with Crippen molar-refractivity contribution in [3.8, 4) is 11.3 Å². The lowest BCUT2D eigenvalue weighted by atomic mass is 9.85. The van der Waals surface area contributed by atoms with Crippen molar-refractivity contribution in [2.45, 2.75) is 64.6 Å². The van der Waals surface area contributed by atoms with Gasteiger partial charge in [0.05, 0.1) is 16.3 Å². The van der Waals surface area contributed by atoms with Crippen LogP contribution in [0.2, 0.25) is 5.02 Å². The van der Waals surface area contributed by atoms with Gasteiger partial charge in [0, 0.05) is 35.8 Å². The molecular formula is C21H29ClN4O. The molecule has 1 fully saturated rings. The van der Waals surface area contributed by atoms with Gasteiger partial charge in [-0.25, -0.2) is 0 Å². The highest BCUT2D eigenvalue weighted by Crippen LogP contribution is 2.31. The van der Waals surface area contributed by atoms with Gasteiger partial charge < -0.3 is 11.1 Å². The summed E-state index contributed by atoms with van der Waals surface area (Å²) in [6.45, 7) is 7.08. The number of nitrogens with two attached hydrogens (primary N) is 1. The Morgan fingerprint density at radius 3 is 2.74 bits per heavy atom. The topological polar surface area (TPSA) is 72.9 Å². The number of nitrogens with one attached hydrogen (secondary N) is 1. The number of rotatable bonds is 5. The van der Waals surface area contributed by atoms with Crippen LogP contribution < -0.4 is 11.1 Å². The predicted molar refractivity (Wildman–Crippen MR) is 109 cm³/mol. The quantitative estimate of drug-likeness (QED) is 0.810. The van der Waals surface area contributed by atoms with Crippen LogP contribution in [0.1, 0.15) is 52.0 Å². The molecule has 0 bridgehead atoms. The molecule has 1 saturated carbocycles. The number of hydrogen-bond donors (Lipinski definition) is 2. The van der Waals surface area contributed by atoms with E-state index in [1.165, 1.54) is 0 Å². The molecule has 6 heteroatoms. The minimum absolute atomic E-state index is 0.0170. The average Bonchev–Trinajstić information content (AvgIpc) is 3.05. The first kappa shape index (κ1) is 19.9. The SMILES string of the molecule is CC(C)(C)n1cc(CNC2CCCC(C(N)=O)C2)c(-c2ccccc2Cl)n1. The van der Waals surface area contributed by atoms with Gasteiger partial charge in [-0.1, -0.05) is 36.2 Å². The summed E-state index contributed by atoms with van der Waals surface area (Å²) < 4.78 is 2.00. The monoisotopic (exact) mass is 388 g/mol. The number of nitrogens with zero attached hydrogens (tertiary/aromatic N) is 2. The first-order chi connectivity index (χ1) is 12.8. The Morgan fingerprint density at radius 2 is 2.07 bits per heavy atom. The smallest absolute Gasteiger partial charge is 0.220 e. The molecule has 5 nitrogen and oxygen atoms in total. The molecular weight excluding hydrogens is 360 g/mol. The molecule has 1 amide bonds. The summed E-state index contributed by atoms with van der Waals surface area (Å²) in [5.74, 6) is -0.199. The molecule has 27 heavy (non-hydrogen) atoms. The van der Waals surface area contributed by atoms with Crippen LogP contribution in [0.5, 0.6) is 0 Å². The van der Waals surface area contributed by atoms with Gasteiger partial charge in [0.2, 0.25) is 5.91 Å². The van der Waals surface area contributed by atoms with Crippen molar-refractivity contribution in [2.75, 3.05) is 0 Å². The van der Waals surface area contributed by atoms with Crippen molar-refractivity contribution in [3.63, 3.8) is 0 Å². The van der Waals surface area contributed by atoms with Crippen LogP contribution in [-0.2, 0) is 16.9 Å². The lowest BCUT2D eigenvalue weighted by Gasteiger charge is -2.28. The Hall–Kier alpha value is -1.85. The van der Waals surface area contributed by atoms with E-state index in [9.17, 15) is 4.79 Å². The molecule has 1 heterocycles. The van der Waals surface area contributed by atoms with Crippen LogP contribution in [-0.4, -0.2) is 21.7 Å². The highest BCUT2D eigenvalue weighted by atomic mass is 35.5. The van der Waals surface area contributed by atoms with E-state index in [2.05, 4.69) is 32.3 Å². The van der Waals surface area contributed by atoms with E-state index in [-0.39, 0.29) is 17.4 Å². The zero-order valence-corrected chi connectivity index (χ0v) is 17.1. The summed E-state index contributed by atoms with van der Waals surface area (Å²) >= 11 is 6.44. The number of hydrogen-bond acceptors (Lipinski definition) is 3.